The van der Waals surface area contributed by atoms with Crippen molar-refractivity contribution in [3.8, 4) is 84.9 Å². The Kier molecular flexibility index (Phi) is 7.74. The van der Waals surface area contributed by atoms with Gasteiger partial charge in [-0.15, -0.1) is 0 Å². The van der Waals surface area contributed by atoms with Gasteiger partial charge < -0.3 is 4.74 Å². The van der Waals surface area contributed by atoms with Crippen molar-refractivity contribution in [3.05, 3.63) is 228 Å². The summed E-state index contributed by atoms with van der Waals surface area (Å²) in [7, 11) is 0. The number of nitriles is 1. The molecule has 0 unspecified atom stereocenters. The Morgan fingerprint density at radius 2 is 0.862 bits per heavy atom. The van der Waals surface area contributed by atoms with E-state index in [1.165, 1.54) is 11.1 Å². The third kappa shape index (κ3) is 5.15. The predicted molar refractivity (Wildman–Crippen MR) is 231 cm³/mol. The molecule has 2 aliphatic rings. The van der Waals surface area contributed by atoms with Gasteiger partial charge in [0.25, 0.3) is 0 Å². The molecule has 270 valence electrons. The van der Waals surface area contributed by atoms with Crippen molar-refractivity contribution in [1.82, 2.24) is 9.97 Å². The fourth-order valence-electron chi connectivity index (χ4n) is 9.14. The number of ether oxygens (including phenoxy) is 1. The quantitative estimate of drug-likeness (QED) is 0.176. The van der Waals surface area contributed by atoms with E-state index in [4.69, 9.17) is 14.7 Å². The molecule has 0 fully saturated rings. The van der Waals surface area contributed by atoms with E-state index in [1.807, 2.05) is 66.7 Å². The van der Waals surface area contributed by atoms with Gasteiger partial charge in [0.15, 0.2) is 5.82 Å². The van der Waals surface area contributed by atoms with Crippen LogP contribution in [0, 0.1) is 11.3 Å². The van der Waals surface area contributed by atoms with Crippen LogP contribution in [0.2, 0.25) is 0 Å². The molecule has 0 N–H and O–H groups in total. The van der Waals surface area contributed by atoms with E-state index in [9.17, 15) is 5.26 Å². The second-order valence-electron chi connectivity index (χ2n) is 14.8. The molecule has 11 rings (SSSR count). The largest absolute Gasteiger partial charge is 0.457 e. The van der Waals surface area contributed by atoms with Crippen LogP contribution in [0.1, 0.15) is 27.8 Å². The van der Waals surface area contributed by atoms with Crippen molar-refractivity contribution in [2.24, 2.45) is 0 Å². The van der Waals surface area contributed by atoms with Crippen LogP contribution in [0.15, 0.2) is 200 Å². The van der Waals surface area contributed by atoms with Crippen LogP contribution < -0.4 is 4.74 Å². The number of hydrogen-bond donors (Lipinski definition) is 0. The van der Waals surface area contributed by atoms with E-state index in [0.29, 0.717) is 11.4 Å². The molecule has 0 bridgehead atoms. The molecule has 1 spiro atoms. The van der Waals surface area contributed by atoms with Crippen molar-refractivity contribution in [2.75, 3.05) is 0 Å². The molecule has 9 aromatic rings. The van der Waals surface area contributed by atoms with Crippen LogP contribution in [0.3, 0.4) is 0 Å². The monoisotopic (exact) mass is 739 g/mol. The molecule has 4 nitrogen and oxygen atoms in total. The van der Waals surface area contributed by atoms with Gasteiger partial charge in [-0.1, -0.05) is 164 Å². The zero-order valence-corrected chi connectivity index (χ0v) is 31.3. The highest BCUT2D eigenvalue weighted by Gasteiger charge is 2.52. The average molecular weight is 740 g/mol. The third-order valence-corrected chi connectivity index (χ3v) is 11.6. The molecule has 2 heterocycles. The lowest BCUT2D eigenvalue weighted by Gasteiger charge is -2.39. The zero-order chi connectivity index (χ0) is 38.6. The lowest BCUT2D eigenvalue weighted by atomic mass is 9.66. The maximum Gasteiger partial charge on any atom is 0.160 e. The fourth-order valence-corrected chi connectivity index (χ4v) is 9.14. The first-order valence-corrected chi connectivity index (χ1v) is 19.5. The minimum absolute atomic E-state index is 0.625. The van der Waals surface area contributed by atoms with E-state index in [-0.39, 0.29) is 0 Å². The molecular formula is C54H33N3O. The molecule has 1 aliphatic heterocycles. The zero-order valence-electron chi connectivity index (χ0n) is 31.3. The summed E-state index contributed by atoms with van der Waals surface area (Å²) in [5.74, 6) is 2.37. The summed E-state index contributed by atoms with van der Waals surface area (Å²) in [6.07, 6.45) is 0. The van der Waals surface area contributed by atoms with Gasteiger partial charge >= 0.3 is 0 Å². The van der Waals surface area contributed by atoms with Crippen molar-refractivity contribution < 1.29 is 4.74 Å². The molecular weight excluding hydrogens is 707 g/mol. The second-order valence-corrected chi connectivity index (χ2v) is 14.8. The minimum atomic E-state index is -0.658. The Morgan fingerprint density at radius 1 is 0.397 bits per heavy atom. The summed E-state index contributed by atoms with van der Waals surface area (Å²) >= 11 is 0. The number of para-hydroxylation sites is 2. The van der Waals surface area contributed by atoms with Gasteiger partial charge in [-0.2, -0.15) is 5.26 Å². The van der Waals surface area contributed by atoms with Gasteiger partial charge in [0.05, 0.1) is 28.4 Å². The summed E-state index contributed by atoms with van der Waals surface area (Å²) in [5.41, 5.74) is 15.8. The molecule has 0 amide bonds. The maximum atomic E-state index is 9.98. The Hall–Kier alpha value is -7.87. The van der Waals surface area contributed by atoms with Crippen LogP contribution in [-0.2, 0) is 5.41 Å². The third-order valence-electron chi connectivity index (χ3n) is 11.6. The topological polar surface area (TPSA) is 58.8 Å². The summed E-state index contributed by atoms with van der Waals surface area (Å²) in [4.78, 5) is 10.2. The van der Waals surface area contributed by atoms with E-state index in [2.05, 4.69) is 140 Å². The summed E-state index contributed by atoms with van der Waals surface area (Å²) in [6, 6.07) is 71.8. The molecule has 4 heteroatoms. The maximum absolute atomic E-state index is 9.98. The van der Waals surface area contributed by atoms with Gasteiger partial charge in [-0.25, -0.2) is 9.97 Å². The standard InChI is InChI=1S/C54H33N3O/c55-34-35-15-11-20-38(31-35)41-23-13-27-45-51(41)52-42(24-14-28-46(52)54(45)43-25-7-9-29-49(43)58-50-30-10-8-26-44(50)54)39-21-12-22-40(32-39)48-33-47(36-16-3-1-4-17-36)56-53(57-48)37-18-5-2-6-19-37/h1-33H. The van der Waals surface area contributed by atoms with Crippen molar-refractivity contribution in [1.29, 1.82) is 5.26 Å². The number of nitrogens with zero attached hydrogens (tertiary/aromatic N) is 3. The van der Waals surface area contributed by atoms with Crippen molar-refractivity contribution >= 4 is 0 Å². The summed E-state index contributed by atoms with van der Waals surface area (Å²) < 4.78 is 6.65. The first kappa shape index (κ1) is 33.5. The number of benzene rings is 8. The second kappa shape index (κ2) is 13.4. The van der Waals surface area contributed by atoms with E-state index < -0.39 is 5.41 Å². The van der Waals surface area contributed by atoms with Gasteiger partial charge in [-0.05, 0) is 80.9 Å². The summed E-state index contributed by atoms with van der Waals surface area (Å²) in [6.45, 7) is 0. The molecule has 0 radical (unpaired) electrons. The lowest BCUT2D eigenvalue weighted by Crippen LogP contribution is -2.32. The SMILES string of the molecule is N#Cc1cccc(-c2cccc3c2-c2c(-c4cccc(-c5cc(-c6ccccc6)nc(-c6ccccc6)n5)c4)cccc2C32c3ccccc3Oc3ccccc32)c1. The van der Waals surface area contributed by atoms with Gasteiger partial charge in [0.2, 0.25) is 0 Å². The van der Waals surface area contributed by atoms with E-state index in [1.54, 1.807) is 0 Å². The highest BCUT2D eigenvalue weighted by molar-refractivity contribution is 6.02. The Bertz CT molecular complexity index is 3010. The minimum Gasteiger partial charge on any atom is -0.457 e. The number of fused-ring (bicyclic) bond motifs is 9. The van der Waals surface area contributed by atoms with Crippen LogP contribution in [-0.4, -0.2) is 9.97 Å². The normalized spacial score (nSPS) is 12.7. The van der Waals surface area contributed by atoms with Crippen molar-refractivity contribution in [3.63, 3.8) is 0 Å². The van der Waals surface area contributed by atoms with Crippen LogP contribution in [0.25, 0.3) is 67.3 Å². The Morgan fingerprint density at radius 3 is 1.48 bits per heavy atom. The number of rotatable bonds is 5. The van der Waals surface area contributed by atoms with Gasteiger partial charge in [0, 0.05) is 27.8 Å². The molecule has 58 heavy (non-hydrogen) atoms. The Balaban J connectivity index is 1.18. The van der Waals surface area contributed by atoms with E-state index in [0.717, 1.165) is 84.1 Å². The van der Waals surface area contributed by atoms with E-state index >= 15 is 0 Å². The molecule has 1 aromatic heterocycles. The smallest absolute Gasteiger partial charge is 0.160 e. The van der Waals surface area contributed by atoms with Crippen LogP contribution in [0.5, 0.6) is 11.5 Å². The van der Waals surface area contributed by atoms with Gasteiger partial charge in [-0.3, -0.25) is 0 Å². The number of aromatic nitrogens is 2. The predicted octanol–water partition coefficient (Wildman–Crippen LogP) is 13.2. The van der Waals surface area contributed by atoms with Crippen LogP contribution in [0.4, 0.5) is 0 Å². The summed E-state index contributed by atoms with van der Waals surface area (Å²) in [5, 5.41) is 9.98. The molecule has 8 aromatic carbocycles. The molecule has 0 saturated carbocycles. The van der Waals surface area contributed by atoms with Crippen molar-refractivity contribution in [2.45, 2.75) is 5.41 Å². The fraction of sp³-hybridized carbons (Fsp3) is 0.0185. The first-order chi connectivity index (χ1) is 28.7. The highest BCUT2D eigenvalue weighted by Crippen LogP contribution is 2.64. The molecule has 1 aliphatic carbocycles. The molecule has 0 atom stereocenters. The van der Waals surface area contributed by atoms with Gasteiger partial charge in [0.1, 0.15) is 11.5 Å². The highest BCUT2D eigenvalue weighted by atomic mass is 16.5. The number of hydrogen-bond acceptors (Lipinski definition) is 4. The van der Waals surface area contributed by atoms with Crippen LogP contribution >= 0.6 is 0 Å². The Labute approximate surface area is 337 Å². The lowest BCUT2D eigenvalue weighted by molar-refractivity contribution is 0.436. The first-order valence-electron chi connectivity index (χ1n) is 19.5. The average Bonchev–Trinajstić information content (AvgIpc) is 3.60. The molecule has 0 saturated heterocycles.